The first-order valence-corrected chi connectivity index (χ1v) is 6.31. The van der Waals surface area contributed by atoms with E-state index in [2.05, 4.69) is 29.2 Å². The fraction of sp³-hybridized carbons (Fsp3) is 0.750. The lowest BCUT2D eigenvalue weighted by molar-refractivity contribution is -0.140. The lowest BCUT2D eigenvalue weighted by Gasteiger charge is -2.05. The summed E-state index contributed by atoms with van der Waals surface area (Å²) < 4.78 is 4.37. The highest BCUT2D eigenvalue weighted by atomic mass is 16.5. The molecule has 0 saturated heterocycles. The molecule has 0 aliphatic carbocycles. The van der Waals surface area contributed by atoms with Gasteiger partial charge >= 0.3 is 5.97 Å². The summed E-state index contributed by atoms with van der Waals surface area (Å²) in [4.78, 5) is 32.3. The second-order valence-corrected chi connectivity index (χ2v) is 3.66. The molecule has 0 fully saturated rings. The molecule has 2 amide bonds. The molecular formula is C12H25N3O4. The number of unbranched alkanes of at least 4 members (excludes halogenated alkanes) is 1. The molecule has 112 valence electrons. The average Bonchev–Trinajstić information content (AvgIpc) is 2.44. The van der Waals surface area contributed by atoms with E-state index < -0.39 is 11.9 Å². The predicted molar refractivity (Wildman–Crippen MR) is 72.3 cm³/mol. The molecular weight excluding hydrogens is 250 g/mol. The lowest BCUT2D eigenvalue weighted by Crippen LogP contribution is -2.40. The number of carbonyl (C=O) groups excluding carboxylic acids is 3. The average molecular weight is 275 g/mol. The molecule has 0 saturated carbocycles. The number of methoxy groups -OCH3 is 1. The van der Waals surface area contributed by atoms with Gasteiger partial charge in [-0.2, -0.15) is 0 Å². The van der Waals surface area contributed by atoms with Crippen LogP contribution in [0.25, 0.3) is 0 Å². The summed E-state index contributed by atoms with van der Waals surface area (Å²) in [7, 11) is 1.27. The fourth-order valence-corrected chi connectivity index (χ4v) is 0.720. The Labute approximate surface area is 114 Å². The van der Waals surface area contributed by atoms with Crippen LogP contribution in [0.1, 0.15) is 33.1 Å². The van der Waals surface area contributed by atoms with Crippen LogP contribution in [0.15, 0.2) is 0 Å². The summed E-state index contributed by atoms with van der Waals surface area (Å²) in [6, 6.07) is 0. The first kappa shape index (κ1) is 19.7. The molecule has 0 aromatic rings. The molecule has 0 radical (unpaired) electrons. The third-order valence-electron chi connectivity index (χ3n) is 2.01. The van der Waals surface area contributed by atoms with Gasteiger partial charge in [-0.05, 0) is 0 Å². The fourth-order valence-electron chi connectivity index (χ4n) is 0.720. The molecule has 0 rings (SSSR count). The Morgan fingerprint density at radius 1 is 1.05 bits per heavy atom. The van der Waals surface area contributed by atoms with Crippen molar-refractivity contribution in [3.63, 3.8) is 0 Å². The van der Waals surface area contributed by atoms with E-state index in [1.54, 1.807) is 0 Å². The third kappa shape index (κ3) is 16.4. The quantitative estimate of drug-likeness (QED) is 0.545. The maximum atomic E-state index is 11.0. The lowest BCUT2D eigenvalue weighted by atomic mass is 10.4. The largest absolute Gasteiger partial charge is 0.469 e. The summed E-state index contributed by atoms with van der Waals surface area (Å²) in [5, 5.41) is 4.72. The zero-order valence-electron chi connectivity index (χ0n) is 12.0. The Morgan fingerprint density at radius 3 is 2.05 bits per heavy atom. The van der Waals surface area contributed by atoms with Crippen molar-refractivity contribution in [3.8, 4) is 0 Å². The molecule has 0 atom stereocenters. The van der Waals surface area contributed by atoms with Crippen LogP contribution in [-0.4, -0.2) is 44.5 Å². The van der Waals surface area contributed by atoms with Crippen LogP contribution >= 0.6 is 0 Å². The zero-order valence-corrected chi connectivity index (χ0v) is 12.0. The standard InChI is InChI=1S/C8H15N3O4.C4H10/c1-15-8(14)2-3-10-7(13)5-11-6(12)4-9;1-3-4-2/h2-5,9H2,1H3,(H,10,13)(H,11,12);3-4H2,1-2H3. The molecule has 0 spiro atoms. The summed E-state index contributed by atoms with van der Waals surface area (Å²) in [5.74, 6) is -1.18. The van der Waals surface area contributed by atoms with Crippen molar-refractivity contribution in [2.45, 2.75) is 33.1 Å². The second-order valence-electron chi connectivity index (χ2n) is 3.66. The van der Waals surface area contributed by atoms with Crippen molar-refractivity contribution in [2.75, 3.05) is 26.7 Å². The van der Waals surface area contributed by atoms with Gasteiger partial charge in [0.15, 0.2) is 0 Å². The molecule has 4 N–H and O–H groups in total. The minimum atomic E-state index is -0.405. The van der Waals surface area contributed by atoms with Crippen LogP contribution in [0.3, 0.4) is 0 Å². The minimum absolute atomic E-state index is 0.104. The van der Waals surface area contributed by atoms with E-state index in [-0.39, 0.29) is 32.0 Å². The molecule has 0 aliphatic heterocycles. The number of hydrogen-bond donors (Lipinski definition) is 3. The zero-order chi connectivity index (χ0) is 15.1. The molecule has 0 bridgehead atoms. The predicted octanol–water partition coefficient (Wildman–Crippen LogP) is -0.453. The summed E-state index contributed by atoms with van der Waals surface area (Å²) in [6.07, 6.45) is 2.74. The molecule has 0 aromatic heterocycles. The van der Waals surface area contributed by atoms with Gasteiger partial charge in [0.1, 0.15) is 0 Å². The van der Waals surface area contributed by atoms with E-state index in [4.69, 9.17) is 5.73 Å². The SMILES string of the molecule is CCCC.COC(=O)CCNC(=O)CNC(=O)CN. The third-order valence-corrected chi connectivity index (χ3v) is 2.01. The van der Waals surface area contributed by atoms with Crippen molar-refractivity contribution in [1.82, 2.24) is 10.6 Å². The van der Waals surface area contributed by atoms with Gasteiger partial charge in [-0.1, -0.05) is 26.7 Å². The Balaban J connectivity index is 0. The van der Waals surface area contributed by atoms with E-state index in [0.717, 1.165) is 0 Å². The number of esters is 1. The topological polar surface area (TPSA) is 111 Å². The number of ether oxygens (including phenoxy) is 1. The van der Waals surface area contributed by atoms with Crippen LogP contribution in [0.2, 0.25) is 0 Å². The van der Waals surface area contributed by atoms with E-state index in [9.17, 15) is 14.4 Å². The molecule has 19 heavy (non-hydrogen) atoms. The van der Waals surface area contributed by atoms with Gasteiger partial charge in [-0.15, -0.1) is 0 Å². The monoisotopic (exact) mass is 275 g/mol. The Hall–Kier alpha value is -1.63. The smallest absolute Gasteiger partial charge is 0.307 e. The number of rotatable bonds is 7. The highest BCUT2D eigenvalue weighted by molar-refractivity contribution is 5.85. The molecule has 0 aromatic carbocycles. The van der Waals surface area contributed by atoms with Crippen molar-refractivity contribution in [1.29, 1.82) is 0 Å². The van der Waals surface area contributed by atoms with E-state index in [0.29, 0.717) is 0 Å². The van der Waals surface area contributed by atoms with E-state index in [1.165, 1.54) is 20.0 Å². The maximum Gasteiger partial charge on any atom is 0.307 e. The van der Waals surface area contributed by atoms with Gasteiger partial charge in [0, 0.05) is 6.54 Å². The second kappa shape index (κ2) is 14.4. The number of hydrogen-bond acceptors (Lipinski definition) is 5. The van der Waals surface area contributed by atoms with E-state index in [1.807, 2.05) is 0 Å². The summed E-state index contributed by atoms with van der Waals surface area (Å²) in [6.45, 7) is 4.25. The Kier molecular flexibility index (Phi) is 15.0. The van der Waals surface area contributed by atoms with Gasteiger partial charge in [-0.3, -0.25) is 14.4 Å². The number of nitrogens with two attached hydrogens (primary N) is 1. The Morgan fingerprint density at radius 2 is 1.63 bits per heavy atom. The van der Waals surface area contributed by atoms with Crippen molar-refractivity contribution in [3.05, 3.63) is 0 Å². The molecule has 0 heterocycles. The molecule has 0 unspecified atom stereocenters. The van der Waals surface area contributed by atoms with Crippen LogP contribution in [0, 0.1) is 0 Å². The number of amides is 2. The maximum absolute atomic E-state index is 11.0. The summed E-state index contributed by atoms with van der Waals surface area (Å²) >= 11 is 0. The highest BCUT2D eigenvalue weighted by Gasteiger charge is 2.04. The van der Waals surface area contributed by atoms with Crippen LogP contribution in [-0.2, 0) is 19.1 Å². The molecule has 7 heteroatoms. The number of carbonyl (C=O) groups is 3. The van der Waals surface area contributed by atoms with Gasteiger partial charge < -0.3 is 21.1 Å². The molecule has 0 aliphatic rings. The van der Waals surface area contributed by atoms with Gasteiger partial charge in [0.25, 0.3) is 0 Å². The Bertz CT molecular complexity index is 268. The van der Waals surface area contributed by atoms with Crippen LogP contribution < -0.4 is 16.4 Å². The summed E-state index contributed by atoms with van der Waals surface area (Å²) in [5.41, 5.74) is 5.01. The van der Waals surface area contributed by atoms with Gasteiger partial charge in [0.2, 0.25) is 11.8 Å². The van der Waals surface area contributed by atoms with Crippen molar-refractivity contribution >= 4 is 17.8 Å². The normalized spacial score (nSPS) is 8.84. The van der Waals surface area contributed by atoms with Crippen LogP contribution in [0.4, 0.5) is 0 Å². The van der Waals surface area contributed by atoms with Gasteiger partial charge in [-0.25, -0.2) is 0 Å². The molecule has 7 nitrogen and oxygen atoms in total. The first-order valence-electron chi connectivity index (χ1n) is 6.31. The van der Waals surface area contributed by atoms with Crippen molar-refractivity contribution < 1.29 is 19.1 Å². The van der Waals surface area contributed by atoms with Gasteiger partial charge in [0.05, 0.1) is 26.6 Å². The number of nitrogens with one attached hydrogen (secondary N) is 2. The van der Waals surface area contributed by atoms with Crippen LogP contribution in [0.5, 0.6) is 0 Å². The minimum Gasteiger partial charge on any atom is -0.469 e. The van der Waals surface area contributed by atoms with E-state index >= 15 is 0 Å². The first-order chi connectivity index (χ1) is 9.01. The van der Waals surface area contributed by atoms with Crippen molar-refractivity contribution in [2.24, 2.45) is 5.73 Å². The highest BCUT2D eigenvalue weighted by Crippen LogP contribution is 1.80.